The lowest BCUT2D eigenvalue weighted by Crippen LogP contribution is -2.19. The molecule has 0 unspecified atom stereocenters. The van der Waals surface area contributed by atoms with Crippen molar-refractivity contribution in [2.45, 2.75) is 18.8 Å². The van der Waals surface area contributed by atoms with Crippen LogP contribution in [0.5, 0.6) is 11.6 Å². The van der Waals surface area contributed by atoms with Gasteiger partial charge < -0.3 is 14.6 Å². The van der Waals surface area contributed by atoms with E-state index in [9.17, 15) is 13.2 Å². The number of pyridine rings is 1. The summed E-state index contributed by atoms with van der Waals surface area (Å²) >= 11 is 5.56. The molecule has 0 saturated carbocycles. The molecule has 0 radical (unpaired) electrons. The Kier molecular flexibility index (Phi) is 4.41. The van der Waals surface area contributed by atoms with E-state index in [0.29, 0.717) is 5.56 Å². The average molecular weight is 272 g/mol. The van der Waals surface area contributed by atoms with Crippen molar-refractivity contribution in [3.05, 3.63) is 17.3 Å². The van der Waals surface area contributed by atoms with Gasteiger partial charge in [0.2, 0.25) is 0 Å². The molecule has 4 nitrogen and oxygen atoms in total. The van der Waals surface area contributed by atoms with E-state index >= 15 is 0 Å². The maximum absolute atomic E-state index is 12.1. The minimum atomic E-state index is -4.88. The van der Waals surface area contributed by atoms with E-state index < -0.39 is 18.8 Å². The van der Waals surface area contributed by atoms with Gasteiger partial charge in [0.15, 0.2) is 5.75 Å². The standard InChI is InChI=1S/C9H9ClF3NO3/c1-16-7-6(4-15)5(2-10)3-14-8(7)17-9(11,12)13/h3,15H,2,4H2,1H3. The molecule has 1 aromatic rings. The molecular formula is C9H9ClF3NO3. The lowest BCUT2D eigenvalue weighted by Gasteiger charge is -2.15. The zero-order chi connectivity index (χ0) is 13.1. The molecule has 17 heavy (non-hydrogen) atoms. The Morgan fingerprint density at radius 2 is 2.12 bits per heavy atom. The molecule has 0 spiro atoms. The predicted octanol–water partition coefficient (Wildman–Crippen LogP) is 2.22. The monoisotopic (exact) mass is 271 g/mol. The summed E-state index contributed by atoms with van der Waals surface area (Å²) in [7, 11) is 1.15. The predicted molar refractivity (Wildman–Crippen MR) is 53.0 cm³/mol. The van der Waals surface area contributed by atoms with E-state index in [-0.39, 0.29) is 17.2 Å². The summed E-state index contributed by atoms with van der Waals surface area (Å²) < 4.78 is 44.6. The fourth-order valence-corrected chi connectivity index (χ4v) is 1.46. The summed E-state index contributed by atoms with van der Waals surface area (Å²) in [5.41, 5.74) is 0.497. The molecule has 96 valence electrons. The number of hydrogen-bond acceptors (Lipinski definition) is 4. The van der Waals surface area contributed by atoms with E-state index in [2.05, 4.69) is 9.72 Å². The van der Waals surface area contributed by atoms with Crippen LogP contribution >= 0.6 is 11.6 Å². The summed E-state index contributed by atoms with van der Waals surface area (Å²) in [6.45, 7) is -0.526. The molecule has 0 atom stereocenters. The minimum Gasteiger partial charge on any atom is -0.491 e. The molecule has 0 saturated heterocycles. The Bertz CT molecular complexity index is 398. The van der Waals surface area contributed by atoms with Crippen LogP contribution in [-0.2, 0) is 12.5 Å². The van der Waals surface area contributed by atoms with E-state index in [1.165, 1.54) is 0 Å². The second-order valence-corrected chi connectivity index (χ2v) is 3.21. The number of aromatic nitrogens is 1. The Hall–Kier alpha value is -1.21. The van der Waals surface area contributed by atoms with Gasteiger partial charge in [-0.2, -0.15) is 0 Å². The van der Waals surface area contributed by atoms with Crippen LogP contribution in [0.25, 0.3) is 0 Å². The minimum absolute atomic E-state index is 0.00838. The van der Waals surface area contributed by atoms with Gasteiger partial charge in [0.25, 0.3) is 5.88 Å². The van der Waals surface area contributed by atoms with Crippen molar-refractivity contribution in [3.8, 4) is 11.6 Å². The Labute approximate surface area is 99.9 Å². The largest absolute Gasteiger partial charge is 0.574 e. The van der Waals surface area contributed by atoms with E-state index in [1.807, 2.05) is 0 Å². The van der Waals surface area contributed by atoms with Gasteiger partial charge in [-0.25, -0.2) is 4.98 Å². The van der Waals surface area contributed by atoms with Crippen LogP contribution in [0.1, 0.15) is 11.1 Å². The highest BCUT2D eigenvalue weighted by Crippen LogP contribution is 2.35. The summed E-state index contributed by atoms with van der Waals surface area (Å²) in [6, 6.07) is 0. The fraction of sp³-hybridized carbons (Fsp3) is 0.444. The molecule has 0 aliphatic rings. The van der Waals surface area contributed by atoms with E-state index in [1.54, 1.807) is 0 Å². The average Bonchev–Trinajstić information content (AvgIpc) is 2.26. The highest BCUT2D eigenvalue weighted by atomic mass is 35.5. The number of halogens is 4. The number of rotatable bonds is 4. The Morgan fingerprint density at radius 1 is 1.47 bits per heavy atom. The van der Waals surface area contributed by atoms with Crippen molar-refractivity contribution in [3.63, 3.8) is 0 Å². The van der Waals surface area contributed by atoms with Crippen LogP contribution in [0.15, 0.2) is 6.20 Å². The van der Waals surface area contributed by atoms with Gasteiger partial charge in [-0.05, 0) is 5.56 Å². The molecule has 8 heteroatoms. The first kappa shape index (κ1) is 13.9. The molecule has 0 fully saturated rings. The molecule has 1 N–H and O–H groups in total. The second-order valence-electron chi connectivity index (χ2n) is 2.94. The molecular weight excluding hydrogens is 263 g/mol. The number of alkyl halides is 4. The highest BCUT2D eigenvalue weighted by molar-refractivity contribution is 6.17. The van der Waals surface area contributed by atoms with Gasteiger partial charge in [0.1, 0.15) is 0 Å². The smallest absolute Gasteiger partial charge is 0.491 e. The second kappa shape index (κ2) is 5.42. The first-order valence-electron chi connectivity index (χ1n) is 4.40. The fourth-order valence-electron chi connectivity index (χ4n) is 1.23. The number of hydrogen-bond donors (Lipinski definition) is 1. The third kappa shape index (κ3) is 3.37. The molecule has 1 aromatic heterocycles. The van der Waals surface area contributed by atoms with Gasteiger partial charge in [-0.3, -0.25) is 0 Å². The summed E-state index contributed by atoms with van der Waals surface area (Å²) in [4.78, 5) is 3.45. The van der Waals surface area contributed by atoms with Crippen molar-refractivity contribution < 1.29 is 27.8 Å². The zero-order valence-corrected chi connectivity index (χ0v) is 9.47. The van der Waals surface area contributed by atoms with Gasteiger partial charge in [-0.15, -0.1) is 24.8 Å². The molecule has 0 aromatic carbocycles. The molecule has 1 rings (SSSR count). The number of nitrogens with zero attached hydrogens (tertiary/aromatic N) is 1. The lowest BCUT2D eigenvalue weighted by atomic mass is 10.1. The van der Waals surface area contributed by atoms with Gasteiger partial charge in [0.05, 0.1) is 13.7 Å². The maximum Gasteiger partial charge on any atom is 0.574 e. The summed E-state index contributed by atoms with van der Waals surface area (Å²) in [5, 5.41) is 9.08. The first-order chi connectivity index (χ1) is 7.92. The summed E-state index contributed by atoms with van der Waals surface area (Å²) in [6.07, 6.45) is -3.78. The van der Waals surface area contributed by atoms with Crippen LogP contribution in [0, 0.1) is 0 Å². The van der Waals surface area contributed by atoms with Crippen molar-refractivity contribution in [1.82, 2.24) is 4.98 Å². The number of ether oxygens (including phenoxy) is 2. The third-order valence-electron chi connectivity index (χ3n) is 1.91. The van der Waals surface area contributed by atoms with Crippen molar-refractivity contribution in [2.24, 2.45) is 0 Å². The van der Waals surface area contributed by atoms with Crippen molar-refractivity contribution in [2.75, 3.05) is 7.11 Å². The molecule has 0 aliphatic heterocycles. The first-order valence-corrected chi connectivity index (χ1v) is 4.93. The molecule has 0 aliphatic carbocycles. The van der Waals surface area contributed by atoms with Crippen LogP contribution in [-0.4, -0.2) is 23.6 Å². The normalized spacial score (nSPS) is 11.4. The van der Waals surface area contributed by atoms with Crippen molar-refractivity contribution >= 4 is 11.6 Å². The van der Waals surface area contributed by atoms with Gasteiger partial charge in [-0.1, -0.05) is 0 Å². The van der Waals surface area contributed by atoms with Gasteiger partial charge >= 0.3 is 6.36 Å². The Morgan fingerprint density at radius 3 is 2.53 bits per heavy atom. The van der Waals surface area contributed by atoms with Crippen molar-refractivity contribution in [1.29, 1.82) is 0 Å². The van der Waals surface area contributed by atoms with Crippen LogP contribution in [0.3, 0.4) is 0 Å². The van der Waals surface area contributed by atoms with Crippen LogP contribution in [0.4, 0.5) is 13.2 Å². The SMILES string of the molecule is COc1c(OC(F)(F)F)ncc(CCl)c1CO. The number of aliphatic hydroxyl groups is 1. The number of aliphatic hydroxyl groups excluding tert-OH is 1. The van der Waals surface area contributed by atoms with E-state index in [0.717, 1.165) is 13.3 Å². The topological polar surface area (TPSA) is 51.6 Å². The molecule has 0 amide bonds. The molecule has 1 heterocycles. The number of methoxy groups -OCH3 is 1. The van der Waals surface area contributed by atoms with Crippen LogP contribution in [0.2, 0.25) is 0 Å². The van der Waals surface area contributed by atoms with Crippen LogP contribution < -0.4 is 9.47 Å². The van der Waals surface area contributed by atoms with Gasteiger partial charge in [0, 0.05) is 17.6 Å². The highest BCUT2D eigenvalue weighted by Gasteiger charge is 2.34. The Balaban J connectivity index is 3.23. The zero-order valence-electron chi connectivity index (χ0n) is 8.71. The third-order valence-corrected chi connectivity index (χ3v) is 2.20. The van der Waals surface area contributed by atoms with E-state index in [4.69, 9.17) is 21.4 Å². The quantitative estimate of drug-likeness (QED) is 0.853. The maximum atomic E-state index is 12.1. The lowest BCUT2D eigenvalue weighted by molar-refractivity contribution is -0.276. The molecule has 0 bridgehead atoms. The summed E-state index contributed by atoms with van der Waals surface area (Å²) in [5.74, 6) is -1.04.